The molecule has 104 valence electrons. The average molecular weight is 286 g/mol. The molecule has 0 bridgehead atoms. The van der Waals surface area contributed by atoms with Crippen molar-refractivity contribution < 1.29 is 0 Å². The summed E-state index contributed by atoms with van der Waals surface area (Å²) in [6, 6.07) is 6.34. The SMILES string of the molecule is CC.Cn1c2ccncc2c2ccc(N3CCP3)nc21. The van der Waals surface area contributed by atoms with Crippen molar-refractivity contribution in [3.05, 3.63) is 30.6 Å². The predicted molar refractivity (Wildman–Crippen MR) is 87.9 cm³/mol. The Bertz CT molecular complexity index is 746. The van der Waals surface area contributed by atoms with Crippen molar-refractivity contribution in [3.63, 3.8) is 0 Å². The molecule has 3 aromatic rings. The summed E-state index contributed by atoms with van der Waals surface area (Å²) in [7, 11) is 2.96. The number of anilines is 1. The van der Waals surface area contributed by atoms with Gasteiger partial charge in [0.25, 0.3) is 0 Å². The van der Waals surface area contributed by atoms with Gasteiger partial charge < -0.3 is 9.24 Å². The molecule has 0 N–H and O–H groups in total. The van der Waals surface area contributed by atoms with Gasteiger partial charge in [-0.05, 0) is 26.9 Å². The van der Waals surface area contributed by atoms with Crippen molar-refractivity contribution in [2.45, 2.75) is 13.8 Å². The summed E-state index contributed by atoms with van der Waals surface area (Å²) in [5, 5.41) is 2.37. The minimum atomic E-state index is 0.896. The van der Waals surface area contributed by atoms with E-state index in [1.807, 2.05) is 32.3 Å². The molecular weight excluding hydrogens is 267 g/mol. The zero-order valence-corrected chi connectivity index (χ0v) is 13.1. The van der Waals surface area contributed by atoms with Gasteiger partial charge in [-0.25, -0.2) is 4.98 Å². The first-order valence-electron chi connectivity index (χ1n) is 7.05. The third-order valence-electron chi connectivity index (χ3n) is 3.54. The monoisotopic (exact) mass is 286 g/mol. The van der Waals surface area contributed by atoms with E-state index in [0.717, 1.165) is 26.7 Å². The maximum absolute atomic E-state index is 4.80. The fraction of sp³-hybridized carbons (Fsp3) is 0.333. The van der Waals surface area contributed by atoms with Gasteiger partial charge in [-0.2, -0.15) is 0 Å². The lowest BCUT2D eigenvalue weighted by Gasteiger charge is -2.31. The summed E-state index contributed by atoms with van der Waals surface area (Å²) in [5.74, 6) is 1.10. The number of aromatic nitrogens is 3. The topological polar surface area (TPSA) is 34.0 Å². The van der Waals surface area contributed by atoms with E-state index >= 15 is 0 Å². The zero-order valence-electron chi connectivity index (χ0n) is 12.1. The second-order valence-corrected chi connectivity index (χ2v) is 5.91. The molecule has 0 saturated carbocycles. The van der Waals surface area contributed by atoms with E-state index in [2.05, 4.69) is 33.4 Å². The predicted octanol–water partition coefficient (Wildman–Crippen LogP) is 3.56. The lowest BCUT2D eigenvalue weighted by atomic mass is 10.2. The van der Waals surface area contributed by atoms with Crippen LogP contribution in [0.25, 0.3) is 21.9 Å². The van der Waals surface area contributed by atoms with Crippen LogP contribution in [0.5, 0.6) is 0 Å². The normalized spacial score (nSPS) is 15.2. The summed E-state index contributed by atoms with van der Waals surface area (Å²) in [6.45, 7) is 5.14. The maximum atomic E-state index is 4.80. The first-order chi connectivity index (χ1) is 9.84. The van der Waals surface area contributed by atoms with E-state index in [0.29, 0.717) is 0 Å². The van der Waals surface area contributed by atoms with Crippen LogP contribution in [0.2, 0.25) is 0 Å². The number of hydrogen-bond acceptors (Lipinski definition) is 3. The molecule has 5 heteroatoms. The van der Waals surface area contributed by atoms with Crippen LogP contribution in [-0.2, 0) is 7.05 Å². The Morgan fingerprint density at radius 1 is 1.15 bits per heavy atom. The van der Waals surface area contributed by atoms with Crippen molar-refractivity contribution in [3.8, 4) is 0 Å². The molecule has 4 rings (SSSR count). The van der Waals surface area contributed by atoms with Gasteiger partial charge in [0.05, 0.1) is 5.52 Å². The van der Waals surface area contributed by atoms with Gasteiger partial charge in [-0.15, -0.1) is 0 Å². The minimum absolute atomic E-state index is 0.896. The van der Waals surface area contributed by atoms with E-state index in [9.17, 15) is 0 Å². The summed E-state index contributed by atoms with van der Waals surface area (Å²) < 4.78 is 4.49. The number of hydrogen-bond donors (Lipinski definition) is 0. The molecule has 0 spiro atoms. The molecule has 3 aromatic heterocycles. The van der Waals surface area contributed by atoms with Crippen LogP contribution >= 0.6 is 8.73 Å². The van der Waals surface area contributed by atoms with Crippen LogP contribution in [0.15, 0.2) is 30.6 Å². The van der Waals surface area contributed by atoms with E-state index in [-0.39, 0.29) is 0 Å². The highest BCUT2D eigenvalue weighted by molar-refractivity contribution is 7.42. The third-order valence-corrected chi connectivity index (χ3v) is 4.82. The van der Waals surface area contributed by atoms with Crippen molar-refractivity contribution in [2.24, 2.45) is 7.05 Å². The first kappa shape index (κ1) is 13.3. The molecule has 1 saturated heterocycles. The summed E-state index contributed by atoms with van der Waals surface area (Å²) in [4.78, 5) is 9.01. The van der Waals surface area contributed by atoms with Crippen LogP contribution in [-0.4, -0.2) is 27.2 Å². The molecule has 0 aromatic carbocycles. The van der Waals surface area contributed by atoms with E-state index in [4.69, 9.17) is 4.98 Å². The van der Waals surface area contributed by atoms with Gasteiger partial charge in [0.15, 0.2) is 0 Å². The highest BCUT2D eigenvalue weighted by atomic mass is 31.1. The molecule has 0 amide bonds. The Morgan fingerprint density at radius 2 is 1.95 bits per heavy atom. The maximum Gasteiger partial charge on any atom is 0.143 e. The lowest BCUT2D eigenvalue weighted by Crippen LogP contribution is -2.27. The fourth-order valence-corrected chi connectivity index (χ4v) is 3.21. The number of nitrogens with zero attached hydrogens (tertiary/aromatic N) is 4. The standard InChI is InChI=1S/C13H13N4P.C2H6/c1-16-11-4-5-14-8-10(11)9-2-3-12(15-13(9)16)17-6-7-18-17;1-2/h2-5,8,18H,6-7H2,1H3;1-2H3. The molecule has 20 heavy (non-hydrogen) atoms. The van der Waals surface area contributed by atoms with Gasteiger partial charge in [0, 0.05) is 42.9 Å². The van der Waals surface area contributed by atoms with Gasteiger partial charge in [0.2, 0.25) is 0 Å². The Kier molecular flexibility index (Phi) is 3.58. The number of fused-ring (bicyclic) bond motifs is 3. The molecule has 1 aliphatic rings. The Hall–Kier alpha value is -1.67. The smallest absolute Gasteiger partial charge is 0.143 e. The van der Waals surface area contributed by atoms with Crippen LogP contribution < -0.4 is 4.67 Å². The summed E-state index contributed by atoms with van der Waals surface area (Å²) in [5.41, 5.74) is 2.24. The van der Waals surface area contributed by atoms with Crippen LogP contribution in [0, 0.1) is 0 Å². The van der Waals surface area contributed by atoms with Gasteiger partial charge in [-0.1, -0.05) is 13.8 Å². The molecule has 4 heterocycles. The lowest BCUT2D eigenvalue weighted by molar-refractivity contribution is 0.968. The van der Waals surface area contributed by atoms with Crippen molar-refractivity contribution in [2.75, 3.05) is 17.4 Å². The molecule has 4 nitrogen and oxygen atoms in total. The van der Waals surface area contributed by atoms with Crippen molar-refractivity contribution in [1.82, 2.24) is 14.5 Å². The highest BCUT2D eigenvalue weighted by Gasteiger charge is 2.17. The van der Waals surface area contributed by atoms with Crippen LogP contribution in [0.3, 0.4) is 0 Å². The second-order valence-electron chi connectivity index (χ2n) is 4.55. The molecule has 1 atom stereocenters. The van der Waals surface area contributed by atoms with Crippen LogP contribution in [0.1, 0.15) is 13.8 Å². The first-order valence-corrected chi connectivity index (χ1v) is 8.20. The van der Waals surface area contributed by atoms with Gasteiger partial charge >= 0.3 is 0 Å². The number of aryl methyl sites for hydroxylation is 1. The molecule has 1 unspecified atom stereocenters. The molecular formula is C15H19N4P. The molecule has 0 radical (unpaired) electrons. The zero-order chi connectivity index (χ0) is 14.1. The van der Waals surface area contributed by atoms with E-state index in [1.165, 1.54) is 22.5 Å². The minimum Gasteiger partial charge on any atom is -0.338 e. The highest BCUT2D eigenvalue weighted by Crippen LogP contribution is 2.35. The second kappa shape index (κ2) is 5.37. The summed E-state index contributed by atoms with van der Waals surface area (Å²) in [6.07, 6.45) is 5.06. The van der Waals surface area contributed by atoms with Crippen LogP contribution in [0.4, 0.5) is 5.82 Å². The summed E-state index contributed by atoms with van der Waals surface area (Å²) >= 11 is 0. The molecule has 0 aliphatic carbocycles. The van der Waals surface area contributed by atoms with Gasteiger partial charge in [0.1, 0.15) is 11.5 Å². The molecule has 1 fully saturated rings. The van der Waals surface area contributed by atoms with E-state index in [1.54, 1.807) is 0 Å². The van der Waals surface area contributed by atoms with Crippen molar-refractivity contribution >= 4 is 36.5 Å². The number of rotatable bonds is 1. The fourth-order valence-electron chi connectivity index (χ4n) is 2.48. The van der Waals surface area contributed by atoms with E-state index < -0.39 is 0 Å². The Morgan fingerprint density at radius 3 is 2.65 bits per heavy atom. The Labute approximate surface area is 120 Å². The van der Waals surface area contributed by atoms with Gasteiger partial charge in [-0.3, -0.25) is 4.98 Å². The largest absolute Gasteiger partial charge is 0.338 e. The molecule has 1 aliphatic heterocycles. The average Bonchev–Trinajstić information content (AvgIpc) is 2.73. The Balaban J connectivity index is 0.000000581. The number of pyridine rings is 2. The quantitative estimate of drug-likeness (QED) is 0.641. The van der Waals surface area contributed by atoms with Crippen molar-refractivity contribution in [1.29, 1.82) is 0 Å². The third kappa shape index (κ3) is 1.95.